The van der Waals surface area contributed by atoms with Crippen molar-refractivity contribution in [1.29, 1.82) is 0 Å². The van der Waals surface area contributed by atoms with E-state index in [9.17, 15) is 8.42 Å². The first kappa shape index (κ1) is 17.4. The second-order valence-corrected chi connectivity index (χ2v) is 9.78. The number of sulfone groups is 1. The average molecular weight is 407 g/mol. The maximum atomic E-state index is 13.1. The van der Waals surface area contributed by atoms with Gasteiger partial charge < -0.3 is 9.88 Å². The van der Waals surface area contributed by atoms with Crippen molar-refractivity contribution in [3.05, 3.63) is 95.3 Å². The zero-order chi connectivity index (χ0) is 19.1. The molecule has 0 bridgehead atoms. The molecule has 1 N–H and O–H groups in total. The Hall–Kier alpha value is -2.70. The first-order valence-corrected chi connectivity index (χ1v) is 11.5. The molecule has 2 aromatic carbocycles. The zero-order valence-corrected chi connectivity index (χ0v) is 16.6. The third-order valence-corrected chi connectivity index (χ3v) is 7.79. The van der Waals surface area contributed by atoms with Crippen LogP contribution in [0, 0.1) is 0 Å². The summed E-state index contributed by atoms with van der Waals surface area (Å²) in [7, 11) is -3.58. The summed E-state index contributed by atoms with van der Waals surface area (Å²) in [5, 5.41) is 0.890. The number of H-pyrrole nitrogens is 1. The monoisotopic (exact) mass is 406 g/mol. The highest BCUT2D eigenvalue weighted by Gasteiger charge is 2.21. The smallest absolute Gasteiger partial charge is 0.208 e. The molecule has 0 radical (unpaired) electrons. The summed E-state index contributed by atoms with van der Waals surface area (Å²) in [6.07, 6.45) is 10.3. The lowest BCUT2D eigenvalue weighted by Crippen LogP contribution is -2.12. The fourth-order valence-corrected chi connectivity index (χ4v) is 5.95. The molecule has 2 aliphatic rings. The maximum absolute atomic E-state index is 13.1. The number of para-hydroxylation sites is 1. The van der Waals surface area contributed by atoms with Crippen molar-refractivity contribution in [2.45, 2.75) is 16.3 Å². The van der Waals surface area contributed by atoms with E-state index in [-0.39, 0.29) is 0 Å². The Morgan fingerprint density at radius 3 is 2.79 bits per heavy atom. The van der Waals surface area contributed by atoms with Gasteiger partial charge in [-0.15, -0.1) is 11.8 Å². The molecule has 5 rings (SSSR count). The molecule has 0 aliphatic carbocycles. The molecule has 0 unspecified atom stereocenters. The number of hydrogen-bond acceptors (Lipinski definition) is 4. The molecule has 0 atom stereocenters. The van der Waals surface area contributed by atoms with Crippen molar-refractivity contribution in [2.75, 3.05) is 5.75 Å². The van der Waals surface area contributed by atoms with Crippen molar-refractivity contribution in [3.8, 4) is 0 Å². The fraction of sp³-hybridized carbons (Fsp3) is 0.0909. The predicted molar refractivity (Wildman–Crippen MR) is 113 cm³/mol. The summed E-state index contributed by atoms with van der Waals surface area (Å²) < 4.78 is 26.2. The lowest BCUT2D eigenvalue weighted by atomic mass is 10.1. The van der Waals surface area contributed by atoms with E-state index in [4.69, 9.17) is 0 Å². The molecule has 2 aliphatic heterocycles. The summed E-state index contributed by atoms with van der Waals surface area (Å²) >= 11 is 1.84. The third kappa shape index (κ3) is 2.99. The number of fused-ring (bicyclic) bond motifs is 2. The quantitative estimate of drug-likeness (QED) is 0.673. The highest BCUT2D eigenvalue weighted by atomic mass is 32.2. The van der Waals surface area contributed by atoms with Crippen LogP contribution in [0.3, 0.4) is 0 Å². The molecule has 0 amide bonds. The number of allylic oxidation sites excluding steroid dienone is 2. The van der Waals surface area contributed by atoms with Gasteiger partial charge in [0.1, 0.15) is 0 Å². The highest BCUT2D eigenvalue weighted by Crippen LogP contribution is 2.35. The lowest BCUT2D eigenvalue weighted by Gasteiger charge is -2.21. The lowest BCUT2D eigenvalue weighted by molar-refractivity contribution is 0.496. The van der Waals surface area contributed by atoms with Gasteiger partial charge in [-0.25, -0.2) is 8.42 Å². The van der Waals surface area contributed by atoms with E-state index in [0.717, 1.165) is 16.7 Å². The maximum Gasteiger partial charge on any atom is 0.208 e. The Balaban J connectivity index is 1.41. The van der Waals surface area contributed by atoms with Crippen molar-refractivity contribution in [1.82, 2.24) is 9.88 Å². The SMILES string of the molecule is O=S(=O)(c1ccc(CN2C=CC3=CCSC3=C2)cc1)c1cccc2cc[nH]c12. The van der Waals surface area contributed by atoms with Gasteiger partial charge in [-0.3, -0.25) is 0 Å². The Morgan fingerprint density at radius 1 is 1.07 bits per heavy atom. The van der Waals surface area contributed by atoms with Gasteiger partial charge in [-0.2, -0.15) is 0 Å². The van der Waals surface area contributed by atoms with Crippen LogP contribution < -0.4 is 0 Å². The normalized spacial score (nSPS) is 16.2. The van der Waals surface area contributed by atoms with Crippen molar-refractivity contribution < 1.29 is 8.42 Å². The van der Waals surface area contributed by atoms with Gasteiger partial charge in [0.2, 0.25) is 9.84 Å². The van der Waals surface area contributed by atoms with E-state index in [1.54, 1.807) is 30.5 Å². The number of aromatic nitrogens is 1. The van der Waals surface area contributed by atoms with Crippen LogP contribution in [-0.4, -0.2) is 24.1 Å². The van der Waals surface area contributed by atoms with Gasteiger partial charge in [0.15, 0.2) is 0 Å². The van der Waals surface area contributed by atoms with E-state index in [2.05, 4.69) is 34.4 Å². The molecule has 0 spiro atoms. The number of benzene rings is 2. The van der Waals surface area contributed by atoms with Gasteiger partial charge in [-0.1, -0.05) is 30.3 Å². The van der Waals surface area contributed by atoms with E-state index in [1.807, 2.05) is 36.0 Å². The Kier molecular flexibility index (Phi) is 4.18. The zero-order valence-electron chi connectivity index (χ0n) is 15.0. The first-order valence-electron chi connectivity index (χ1n) is 9.00. The third-order valence-electron chi connectivity index (χ3n) is 4.99. The van der Waals surface area contributed by atoms with Gasteiger partial charge in [0, 0.05) is 41.2 Å². The van der Waals surface area contributed by atoms with Crippen LogP contribution >= 0.6 is 11.8 Å². The van der Waals surface area contributed by atoms with Crippen LogP contribution in [0.15, 0.2) is 99.5 Å². The van der Waals surface area contributed by atoms with Crippen molar-refractivity contribution >= 4 is 32.5 Å². The van der Waals surface area contributed by atoms with Crippen LogP contribution in [0.25, 0.3) is 10.9 Å². The molecule has 3 aromatic rings. The second-order valence-electron chi connectivity index (χ2n) is 6.80. The molecule has 3 heterocycles. The molecular weight excluding hydrogens is 388 g/mol. The standard InChI is InChI=1S/C22H18N2O2S2/c25-28(26,21-3-1-2-18-8-11-23-22(18)21)19-6-4-16(5-7-19)14-24-12-9-17-10-13-27-20(17)15-24/h1-12,15,23H,13-14H2. The molecule has 140 valence electrons. The largest absolute Gasteiger partial charge is 0.360 e. The van der Waals surface area contributed by atoms with Crippen LogP contribution in [0.5, 0.6) is 0 Å². The highest BCUT2D eigenvalue weighted by molar-refractivity contribution is 8.03. The number of aromatic amines is 1. The average Bonchev–Trinajstić information content (AvgIpc) is 3.37. The minimum Gasteiger partial charge on any atom is -0.360 e. The Labute approximate surface area is 168 Å². The second kappa shape index (κ2) is 6.72. The summed E-state index contributed by atoms with van der Waals surface area (Å²) in [5.74, 6) is 1.03. The number of rotatable bonds is 4. The molecule has 0 saturated heterocycles. The summed E-state index contributed by atoms with van der Waals surface area (Å²) in [5.41, 5.74) is 3.00. The van der Waals surface area contributed by atoms with E-state index >= 15 is 0 Å². The van der Waals surface area contributed by atoms with Gasteiger partial charge in [0.05, 0.1) is 15.3 Å². The van der Waals surface area contributed by atoms with E-state index in [0.29, 0.717) is 21.9 Å². The fourth-order valence-electron chi connectivity index (χ4n) is 3.53. The van der Waals surface area contributed by atoms with Crippen LogP contribution in [0.2, 0.25) is 0 Å². The van der Waals surface area contributed by atoms with Crippen molar-refractivity contribution in [2.24, 2.45) is 0 Å². The number of thioether (sulfide) groups is 1. The Morgan fingerprint density at radius 2 is 1.93 bits per heavy atom. The van der Waals surface area contributed by atoms with Gasteiger partial charge >= 0.3 is 0 Å². The Bertz CT molecular complexity index is 1250. The van der Waals surface area contributed by atoms with E-state index < -0.39 is 9.84 Å². The van der Waals surface area contributed by atoms with Gasteiger partial charge in [-0.05, 0) is 41.5 Å². The number of nitrogens with zero attached hydrogens (tertiary/aromatic N) is 1. The first-order chi connectivity index (χ1) is 13.6. The minimum absolute atomic E-state index is 0.308. The van der Waals surface area contributed by atoms with Crippen LogP contribution in [0.4, 0.5) is 0 Å². The molecule has 6 heteroatoms. The predicted octanol–water partition coefficient (Wildman–Crippen LogP) is 4.84. The van der Waals surface area contributed by atoms with E-state index in [1.165, 1.54) is 10.5 Å². The van der Waals surface area contributed by atoms with Crippen molar-refractivity contribution in [3.63, 3.8) is 0 Å². The molecule has 0 fully saturated rings. The summed E-state index contributed by atoms with van der Waals surface area (Å²) in [6, 6.07) is 14.4. The number of hydrogen-bond donors (Lipinski definition) is 1. The van der Waals surface area contributed by atoms with Gasteiger partial charge in [0.25, 0.3) is 0 Å². The molecule has 28 heavy (non-hydrogen) atoms. The summed E-state index contributed by atoms with van der Waals surface area (Å²) in [6.45, 7) is 0.709. The molecule has 1 aromatic heterocycles. The topological polar surface area (TPSA) is 53.2 Å². The van der Waals surface area contributed by atoms with Crippen LogP contribution in [-0.2, 0) is 16.4 Å². The minimum atomic E-state index is -3.58. The molecule has 4 nitrogen and oxygen atoms in total. The molecular formula is C22H18N2O2S2. The van der Waals surface area contributed by atoms with Crippen LogP contribution in [0.1, 0.15) is 5.56 Å². The number of nitrogens with one attached hydrogen (secondary N) is 1. The summed E-state index contributed by atoms with van der Waals surface area (Å²) in [4.78, 5) is 7.08. The molecule has 0 saturated carbocycles.